The van der Waals surface area contributed by atoms with Crippen LogP contribution in [0.15, 0.2) is 34.1 Å². The first-order chi connectivity index (χ1) is 8.63. The van der Waals surface area contributed by atoms with E-state index in [-0.39, 0.29) is 5.38 Å². The van der Waals surface area contributed by atoms with E-state index >= 15 is 0 Å². The topological polar surface area (TPSA) is 9.23 Å². The van der Waals surface area contributed by atoms with E-state index in [1.807, 2.05) is 36.6 Å². The number of halogens is 3. The van der Waals surface area contributed by atoms with Crippen molar-refractivity contribution in [2.75, 3.05) is 6.61 Å². The predicted octanol–water partition coefficient (Wildman–Crippen LogP) is 5.89. The van der Waals surface area contributed by atoms with Gasteiger partial charge in [0.15, 0.2) is 0 Å². The van der Waals surface area contributed by atoms with Crippen LogP contribution < -0.4 is 4.74 Å². The molecular weight excluding hydrogens is 355 g/mol. The van der Waals surface area contributed by atoms with E-state index < -0.39 is 0 Å². The third-order valence-electron chi connectivity index (χ3n) is 2.42. The number of hydrogen-bond donors (Lipinski definition) is 0. The van der Waals surface area contributed by atoms with E-state index in [9.17, 15) is 0 Å². The lowest BCUT2D eigenvalue weighted by Gasteiger charge is -2.12. The zero-order chi connectivity index (χ0) is 13.1. The third kappa shape index (κ3) is 3.02. The van der Waals surface area contributed by atoms with E-state index in [4.69, 9.17) is 27.9 Å². The molecule has 1 nitrogen and oxygen atoms in total. The van der Waals surface area contributed by atoms with Gasteiger partial charge in [-0.2, -0.15) is 0 Å². The summed E-state index contributed by atoms with van der Waals surface area (Å²) in [5.41, 5.74) is 0.997. The van der Waals surface area contributed by atoms with Crippen LogP contribution in [0.2, 0.25) is 5.02 Å². The Labute approximate surface area is 129 Å². The molecular formula is C13H11BrCl2OS. The summed E-state index contributed by atoms with van der Waals surface area (Å²) in [6.07, 6.45) is 0. The summed E-state index contributed by atoms with van der Waals surface area (Å²) in [5, 5.41) is 2.42. The summed E-state index contributed by atoms with van der Waals surface area (Å²) in [7, 11) is 0. The van der Waals surface area contributed by atoms with Crippen molar-refractivity contribution in [1.82, 2.24) is 0 Å². The van der Waals surface area contributed by atoms with Gasteiger partial charge in [0.2, 0.25) is 0 Å². The molecule has 0 saturated carbocycles. The highest BCUT2D eigenvalue weighted by atomic mass is 79.9. The molecule has 0 fully saturated rings. The van der Waals surface area contributed by atoms with Crippen molar-refractivity contribution in [1.29, 1.82) is 0 Å². The molecule has 18 heavy (non-hydrogen) atoms. The highest BCUT2D eigenvalue weighted by molar-refractivity contribution is 9.10. The second kappa shape index (κ2) is 6.29. The first kappa shape index (κ1) is 14.2. The monoisotopic (exact) mass is 364 g/mol. The molecule has 0 amide bonds. The van der Waals surface area contributed by atoms with Gasteiger partial charge in [0.05, 0.1) is 21.5 Å². The van der Waals surface area contributed by atoms with E-state index in [1.54, 1.807) is 11.3 Å². The fourth-order valence-electron chi connectivity index (χ4n) is 1.58. The van der Waals surface area contributed by atoms with E-state index in [0.29, 0.717) is 11.6 Å². The third-order valence-corrected chi connectivity index (χ3v) is 5.07. The molecule has 0 N–H and O–H groups in total. The van der Waals surface area contributed by atoms with Gasteiger partial charge in [-0.25, -0.2) is 0 Å². The number of benzene rings is 1. The lowest BCUT2D eigenvalue weighted by atomic mass is 10.1. The zero-order valence-corrected chi connectivity index (χ0v) is 13.5. The van der Waals surface area contributed by atoms with E-state index in [2.05, 4.69) is 15.9 Å². The van der Waals surface area contributed by atoms with Crippen molar-refractivity contribution >= 4 is 50.5 Å². The Morgan fingerprint density at radius 3 is 2.72 bits per heavy atom. The molecule has 1 unspecified atom stereocenters. The molecule has 96 valence electrons. The summed E-state index contributed by atoms with van der Waals surface area (Å²) >= 11 is 17.6. The summed E-state index contributed by atoms with van der Waals surface area (Å²) in [4.78, 5) is 0.967. The van der Waals surface area contributed by atoms with Crippen molar-refractivity contribution < 1.29 is 4.74 Å². The average molecular weight is 366 g/mol. The Morgan fingerprint density at radius 1 is 1.39 bits per heavy atom. The van der Waals surface area contributed by atoms with Gasteiger partial charge in [-0.3, -0.25) is 0 Å². The second-order valence-corrected chi connectivity index (χ2v) is 6.26. The summed E-state index contributed by atoms with van der Waals surface area (Å²) in [6, 6.07) is 7.71. The SMILES string of the molecule is CCOc1ccc(C(Cl)c2sccc2Cl)cc1Br. The van der Waals surface area contributed by atoms with Crippen molar-refractivity contribution in [3.05, 3.63) is 49.6 Å². The van der Waals surface area contributed by atoms with Crippen LogP contribution in [0.1, 0.15) is 22.7 Å². The average Bonchev–Trinajstić information content (AvgIpc) is 2.77. The van der Waals surface area contributed by atoms with Gasteiger partial charge in [0.1, 0.15) is 5.75 Å². The molecule has 0 spiro atoms. The molecule has 0 bridgehead atoms. The van der Waals surface area contributed by atoms with E-state index in [0.717, 1.165) is 20.7 Å². The van der Waals surface area contributed by atoms with Gasteiger partial charge < -0.3 is 4.74 Å². The Kier molecular flexibility index (Phi) is 4.96. The molecule has 0 saturated heterocycles. The minimum atomic E-state index is -0.232. The standard InChI is InChI=1S/C13H11BrCl2OS/c1-2-17-11-4-3-8(7-9(11)14)12(16)13-10(15)5-6-18-13/h3-7,12H,2H2,1H3. The first-order valence-corrected chi connectivity index (χ1v) is 7.91. The molecule has 0 aliphatic heterocycles. The molecule has 1 atom stereocenters. The van der Waals surface area contributed by atoms with Gasteiger partial charge >= 0.3 is 0 Å². The molecule has 1 heterocycles. The van der Waals surface area contributed by atoms with Crippen LogP contribution in [-0.2, 0) is 0 Å². The van der Waals surface area contributed by atoms with Crippen LogP contribution in [0.3, 0.4) is 0 Å². The molecule has 0 radical (unpaired) electrons. The minimum absolute atomic E-state index is 0.232. The lowest BCUT2D eigenvalue weighted by molar-refractivity contribution is 0.338. The Balaban J connectivity index is 2.29. The summed E-state index contributed by atoms with van der Waals surface area (Å²) in [5.74, 6) is 0.822. The largest absolute Gasteiger partial charge is 0.493 e. The molecule has 1 aromatic heterocycles. The number of ether oxygens (including phenoxy) is 1. The molecule has 2 aromatic rings. The molecule has 0 aliphatic carbocycles. The maximum absolute atomic E-state index is 6.44. The molecule has 5 heteroatoms. The second-order valence-electron chi connectivity index (χ2n) is 3.62. The Morgan fingerprint density at radius 2 is 2.17 bits per heavy atom. The Hall–Kier alpha value is -0.220. The van der Waals surface area contributed by atoms with Crippen LogP contribution in [0, 0.1) is 0 Å². The molecule has 1 aromatic carbocycles. The van der Waals surface area contributed by atoms with E-state index in [1.165, 1.54) is 0 Å². The highest BCUT2D eigenvalue weighted by Crippen LogP contribution is 2.39. The highest BCUT2D eigenvalue weighted by Gasteiger charge is 2.16. The van der Waals surface area contributed by atoms with Gasteiger partial charge in [-0.1, -0.05) is 17.7 Å². The fourth-order valence-corrected chi connectivity index (χ4v) is 3.73. The van der Waals surface area contributed by atoms with Crippen LogP contribution in [0.4, 0.5) is 0 Å². The summed E-state index contributed by atoms with van der Waals surface area (Å²) in [6.45, 7) is 2.59. The number of thiophene rings is 1. The first-order valence-electron chi connectivity index (χ1n) is 5.42. The van der Waals surface area contributed by atoms with Crippen LogP contribution in [0.25, 0.3) is 0 Å². The Bertz CT molecular complexity index is 542. The number of alkyl halides is 1. The fraction of sp³-hybridized carbons (Fsp3) is 0.231. The lowest BCUT2D eigenvalue weighted by Crippen LogP contribution is -1.95. The van der Waals surface area contributed by atoms with Gasteiger partial charge in [-0.05, 0) is 52.0 Å². The van der Waals surface area contributed by atoms with Crippen molar-refractivity contribution in [2.45, 2.75) is 12.3 Å². The maximum atomic E-state index is 6.44. The van der Waals surface area contributed by atoms with Crippen LogP contribution in [-0.4, -0.2) is 6.61 Å². The van der Waals surface area contributed by atoms with Crippen molar-refractivity contribution in [2.24, 2.45) is 0 Å². The van der Waals surface area contributed by atoms with Crippen LogP contribution >= 0.6 is 50.5 Å². The van der Waals surface area contributed by atoms with Crippen molar-refractivity contribution in [3.63, 3.8) is 0 Å². The van der Waals surface area contributed by atoms with Crippen LogP contribution in [0.5, 0.6) is 5.75 Å². The number of rotatable bonds is 4. The van der Waals surface area contributed by atoms with Gasteiger partial charge in [0.25, 0.3) is 0 Å². The minimum Gasteiger partial charge on any atom is -0.493 e. The molecule has 0 aliphatic rings. The quantitative estimate of drug-likeness (QED) is 0.613. The normalized spacial score (nSPS) is 12.4. The number of hydrogen-bond acceptors (Lipinski definition) is 2. The van der Waals surface area contributed by atoms with Gasteiger partial charge in [0, 0.05) is 4.88 Å². The zero-order valence-electron chi connectivity index (χ0n) is 9.62. The maximum Gasteiger partial charge on any atom is 0.133 e. The van der Waals surface area contributed by atoms with Gasteiger partial charge in [-0.15, -0.1) is 22.9 Å². The van der Waals surface area contributed by atoms with Crippen molar-refractivity contribution in [3.8, 4) is 5.75 Å². The molecule has 2 rings (SSSR count). The summed E-state index contributed by atoms with van der Waals surface area (Å²) < 4.78 is 6.38. The smallest absolute Gasteiger partial charge is 0.133 e. The predicted molar refractivity (Wildman–Crippen MR) is 82.3 cm³/mol.